The molecule has 3 aromatic rings. The molecule has 1 saturated carbocycles. The minimum atomic E-state index is -1.23. The molecule has 2 aromatic heterocycles. The highest BCUT2D eigenvalue weighted by Crippen LogP contribution is 2.32. The molecule has 1 aliphatic rings. The number of rotatable bonds is 14. The van der Waals surface area contributed by atoms with Gasteiger partial charge in [0.05, 0.1) is 30.2 Å². The molecule has 4 atom stereocenters. The minimum absolute atomic E-state index is 0.0168. The second-order valence-electron chi connectivity index (χ2n) is 13.1. The van der Waals surface area contributed by atoms with Crippen molar-refractivity contribution in [3.63, 3.8) is 0 Å². The number of aliphatic hydroxyl groups is 1. The van der Waals surface area contributed by atoms with Gasteiger partial charge in [0.2, 0.25) is 11.1 Å². The van der Waals surface area contributed by atoms with Crippen LogP contribution in [0.15, 0.2) is 48.0 Å². The zero-order valence-electron chi connectivity index (χ0n) is 27.5. The Morgan fingerprint density at radius 1 is 1.17 bits per heavy atom. The molecule has 14 nitrogen and oxygen atoms in total. The number of imidazole rings is 1. The lowest BCUT2D eigenvalue weighted by molar-refractivity contribution is -0.140. The maximum absolute atomic E-state index is 14.7. The number of nitrogens with one attached hydrogen (secondary N) is 2. The number of carbonyl (C=O) groups excluding carboxylic acids is 3. The van der Waals surface area contributed by atoms with E-state index in [0.29, 0.717) is 17.3 Å². The Hall–Kier alpha value is -3.82. The fraction of sp³-hybridized carbons (Fsp3) is 0.594. The van der Waals surface area contributed by atoms with E-state index >= 15 is 0 Å². The van der Waals surface area contributed by atoms with E-state index in [1.54, 1.807) is 34.0 Å². The summed E-state index contributed by atoms with van der Waals surface area (Å²) in [4.78, 5) is 50.3. The molecule has 1 fully saturated rings. The van der Waals surface area contributed by atoms with Crippen molar-refractivity contribution >= 4 is 29.7 Å². The van der Waals surface area contributed by atoms with Crippen molar-refractivity contribution in [1.29, 1.82) is 0 Å². The van der Waals surface area contributed by atoms with Crippen LogP contribution in [0.2, 0.25) is 0 Å². The number of imide groups is 1. The molecule has 2 heterocycles. The maximum Gasteiger partial charge on any atom is 0.417 e. The highest BCUT2D eigenvalue weighted by atomic mass is 32.2. The van der Waals surface area contributed by atoms with Crippen molar-refractivity contribution < 1.29 is 24.2 Å². The third-order valence-corrected chi connectivity index (χ3v) is 9.20. The summed E-state index contributed by atoms with van der Waals surface area (Å²) < 4.78 is 7.26. The third-order valence-electron chi connectivity index (χ3n) is 8.09. The van der Waals surface area contributed by atoms with Crippen LogP contribution in [0, 0.1) is 5.92 Å². The second-order valence-corrected chi connectivity index (χ2v) is 14.1. The average molecular weight is 670 g/mol. The lowest BCUT2D eigenvalue weighted by Gasteiger charge is -2.38. The van der Waals surface area contributed by atoms with Gasteiger partial charge in [0.1, 0.15) is 11.6 Å². The largest absolute Gasteiger partial charge is 0.443 e. The smallest absolute Gasteiger partial charge is 0.417 e. The lowest BCUT2D eigenvalue weighted by atomic mass is 9.83. The molecular weight excluding hydrogens is 622 g/mol. The van der Waals surface area contributed by atoms with Gasteiger partial charge in [-0.15, -0.1) is 5.10 Å². The molecule has 5 N–H and O–H groups in total. The zero-order valence-corrected chi connectivity index (χ0v) is 28.4. The molecule has 47 heavy (non-hydrogen) atoms. The number of H-pyrrole nitrogens is 1. The van der Waals surface area contributed by atoms with E-state index in [1.807, 2.05) is 30.3 Å². The molecule has 4 rings (SSSR count). The zero-order chi connectivity index (χ0) is 34.0. The Labute approximate surface area is 279 Å². The number of hydrogen-bond acceptors (Lipinski definition) is 11. The van der Waals surface area contributed by atoms with Gasteiger partial charge in [-0.05, 0) is 55.5 Å². The summed E-state index contributed by atoms with van der Waals surface area (Å²) in [6.45, 7) is 5.13. The number of thioether (sulfide) groups is 1. The normalized spacial score (nSPS) is 16.6. The van der Waals surface area contributed by atoms with Crippen LogP contribution in [0.25, 0.3) is 0 Å². The number of hydrogen-bond donors (Lipinski definition) is 4. The molecule has 0 spiro atoms. The molecule has 0 radical (unpaired) electrons. The van der Waals surface area contributed by atoms with Gasteiger partial charge in [-0.1, -0.05) is 74.2 Å². The molecule has 2 unspecified atom stereocenters. The highest BCUT2D eigenvalue weighted by molar-refractivity contribution is 7.99. The number of carbonyl (C=O) groups is 3. The monoisotopic (exact) mass is 669 g/mol. The number of nitrogens with two attached hydrogens (primary N) is 1. The summed E-state index contributed by atoms with van der Waals surface area (Å²) >= 11 is 1.22. The van der Waals surface area contributed by atoms with E-state index in [9.17, 15) is 19.5 Å². The Bertz CT molecular complexity index is 1420. The average Bonchev–Trinajstić information content (AvgIpc) is 3.70. The lowest BCUT2D eigenvalue weighted by Crippen LogP contribution is -2.60. The van der Waals surface area contributed by atoms with Gasteiger partial charge in [-0.3, -0.25) is 9.59 Å². The van der Waals surface area contributed by atoms with Crippen molar-refractivity contribution in [2.75, 3.05) is 5.75 Å². The van der Waals surface area contributed by atoms with Crippen LogP contribution >= 0.6 is 11.8 Å². The summed E-state index contributed by atoms with van der Waals surface area (Å²) in [5.74, 6) is -0.980. The fourth-order valence-corrected chi connectivity index (χ4v) is 6.59. The number of benzene rings is 1. The Morgan fingerprint density at radius 2 is 1.89 bits per heavy atom. The van der Waals surface area contributed by atoms with Gasteiger partial charge >= 0.3 is 6.09 Å². The van der Waals surface area contributed by atoms with Crippen LogP contribution in [-0.4, -0.2) is 93.7 Å². The van der Waals surface area contributed by atoms with Gasteiger partial charge in [-0.25, -0.2) is 19.4 Å². The Morgan fingerprint density at radius 3 is 2.51 bits per heavy atom. The topological polar surface area (TPSA) is 194 Å². The quantitative estimate of drug-likeness (QED) is 0.184. The van der Waals surface area contributed by atoms with E-state index in [1.165, 1.54) is 22.8 Å². The molecule has 0 bridgehead atoms. The van der Waals surface area contributed by atoms with E-state index in [2.05, 4.69) is 30.8 Å². The summed E-state index contributed by atoms with van der Waals surface area (Å²) in [5.41, 5.74) is 6.74. The Balaban J connectivity index is 1.66. The van der Waals surface area contributed by atoms with Crippen molar-refractivity contribution in [2.45, 2.75) is 107 Å². The maximum atomic E-state index is 14.7. The summed E-state index contributed by atoms with van der Waals surface area (Å²) in [5, 5.41) is 26.5. The van der Waals surface area contributed by atoms with Crippen LogP contribution in [0.5, 0.6) is 0 Å². The summed E-state index contributed by atoms with van der Waals surface area (Å²) in [6, 6.07) is 6.20. The molecule has 3 amide bonds. The first-order valence-corrected chi connectivity index (χ1v) is 17.1. The van der Waals surface area contributed by atoms with Crippen LogP contribution < -0.4 is 11.1 Å². The molecule has 1 aromatic carbocycles. The fourth-order valence-electron chi connectivity index (χ4n) is 5.73. The molecule has 256 valence electrons. The molecule has 15 heteroatoms. The number of aryl methyl sites for hydroxylation is 1. The van der Waals surface area contributed by atoms with Crippen molar-refractivity contribution in [1.82, 2.24) is 40.4 Å². The molecule has 1 aliphatic carbocycles. The number of aromatic nitrogens is 6. The number of ether oxygens (including phenoxy) is 1. The van der Waals surface area contributed by atoms with Crippen LogP contribution in [0.1, 0.15) is 70.6 Å². The van der Waals surface area contributed by atoms with Crippen molar-refractivity contribution in [3.8, 4) is 0 Å². The first-order valence-electron chi connectivity index (χ1n) is 16.1. The van der Waals surface area contributed by atoms with Gasteiger partial charge < -0.3 is 25.9 Å². The Kier molecular flexibility index (Phi) is 12.9. The van der Waals surface area contributed by atoms with E-state index in [-0.39, 0.29) is 24.5 Å². The van der Waals surface area contributed by atoms with E-state index < -0.39 is 47.7 Å². The number of nitrogens with zero attached hydrogens (tertiary/aromatic N) is 6. The number of aromatic amines is 1. The number of aliphatic hydroxyl groups excluding tert-OH is 1. The highest BCUT2D eigenvalue weighted by Gasteiger charge is 2.42. The first-order chi connectivity index (χ1) is 22.4. The second kappa shape index (κ2) is 16.8. The van der Waals surface area contributed by atoms with Crippen LogP contribution in [0.3, 0.4) is 0 Å². The number of tetrazole rings is 1. The first kappa shape index (κ1) is 36.0. The standard InChI is InChI=1S/C32H47N9O5S/c1-32(2,3)46-31(45)41(26(16-22-13-9-6-10-14-22)27(42)19-47-30-37-38-39-40(30)4)29(44)25(17-23-18-34-20-35-23)36-28(43)24(33)15-21-11-7-5-8-12-21/h5,7-8,11-12,18,20,22,24-27,42H,6,9-10,13-17,19,33H2,1-4H3,(H,34,35)(H,36,43)/t24-,25-,26?,27?/m0/s1. The van der Waals surface area contributed by atoms with Crippen molar-refractivity contribution in [2.24, 2.45) is 18.7 Å². The molecule has 0 saturated heterocycles. The minimum Gasteiger partial charge on any atom is -0.443 e. The molecule has 0 aliphatic heterocycles. The summed E-state index contributed by atoms with van der Waals surface area (Å²) in [7, 11) is 1.69. The van der Waals surface area contributed by atoms with Gasteiger partial charge in [0.15, 0.2) is 0 Å². The predicted molar refractivity (Wildman–Crippen MR) is 176 cm³/mol. The van der Waals surface area contributed by atoms with Gasteiger partial charge in [0, 0.05) is 25.4 Å². The van der Waals surface area contributed by atoms with E-state index in [0.717, 1.165) is 42.6 Å². The van der Waals surface area contributed by atoms with Gasteiger partial charge in [-0.2, -0.15) is 0 Å². The van der Waals surface area contributed by atoms with Crippen LogP contribution in [-0.2, 0) is 34.2 Å². The van der Waals surface area contributed by atoms with E-state index in [4.69, 9.17) is 10.5 Å². The number of amides is 3. The predicted octanol–water partition coefficient (Wildman–Crippen LogP) is 2.79. The van der Waals surface area contributed by atoms with Gasteiger partial charge in [0.25, 0.3) is 5.91 Å². The van der Waals surface area contributed by atoms with Crippen molar-refractivity contribution in [3.05, 3.63) is 54.1 Å². The third kappa shape index (κ3) is 10.9. The summed E-state index contributed by atoms with van der Waals surface area (Å²) in [6.07, 6.45) is 6.67. The van der Waals surface area contributed by atoms with Crippen LogP contribution in [0.4, 0.5) is 4.79 Å². The SMILES string of the molecule is Cn1nnnc1SCC(O)C(CC1CCCCC1)N(C(=O)OC(C)(C)C)C(=O)[C@H](Cc1c[nH]cn1)NC(=O)[C@@H](N)Cc1ccccc1. The molecular formula is C32H47N9O5S.